The Morgan fingerprint density at radius 2 is 2.11 bits per heavy atom. The minimum Gasteiger partial charge on any atom is -0.354 e. The standard InChI is InChI=1S/C14H20N2O.ClH/c1-11-4-6-12(7-5-11)9-14(17)16-10-13-3-2-8-15-13;/h4-7,13,15H,2-3,8-10H2,1H3,(H,16,17);1H. The largest absolute Gasteiger partial charge is 0.354 e. The van der Waals surface area contributed by atoms with Crippen LogP contribution in [0.2, 0.25) is 0 Å². The molecule has 1 aliphatic heterocycles. The first-order chi connectivity index (χ1) is 8.24. The van der Waals surface area contributed by atoms with E-state index in [1.54, 1.807) is 0 Å². The summed E-state index contributed by atoms with van der Waals surface area (Å²) in [6.07, 6.45) is 2.87. The number of halogens is 1. The molecule has 0 bridgehead atoms. The lowest BCUT2D eigenvalue weighted by molar-refractivity contribution is -0.120. The molecule has 0 spiro atoms. The summed E-state index contributed by atoms with van der Waals surface area (Å²) in [6, 6.07) is 8.59. The van der Waals surface area contributed by atoms with Crippen molar-refractivity contribution in [2.24, 2.45) is 0 Å². The number of benzene rings is 1. The quantitative estimate of drug-likeness (QED) is 0.875. The minimum absolute atomic E-state index is 0. The van der Waals surface area contributed by atoms with Crippen LogP contribution >= 0.6 is 12.4 Å². The van der Waals surface area contributed by atoms with E-state index in [0.717, 1.165) is 18.7 Å². The van der Waals surface area contributed by atoms with Crippen LogP contribution in [0.25, 0.3) is 0 Å². The van der Waals surface area contributed by atoms with Crippen LogP contribution in [-0.4, -0.2) is 25.0 Å². The maximum absolute atomic E-state index is 11.7. The van der Waals surface area contributed by atoms with Gasteiger partial charge in [0, 0.05) is 12.6 Å². The molecule has 1 unspecified atom stereocenters. The first-order valence-electron chi connectivity index (χ1n) is 6.29. The summed E-state index contributed by atoms with van der Waals surface area (Å²) < 4.78 is 0. The van der Waals surface area contributed by atoms with Crippen LogP contribution in [0.4, 0.5) is 0 Å². The van der Waals surface area contributed by atoms with Gasteiger partial charge in [-0.2, -0.15) is 0 Å². The van der Waals surface area contributed by atoms with E-state index >= 15 is 0 Å². The fourth-order valence-corrected chi connectivity index (χ4v) is 2.12. The second kappa shape index (κ2) is 7.39. The van der Waals surface area contributed by atoms with Crippen LogP contribution in [0.1, 0.15) is 24.0 Å². The highest BCUT2D eigenvalue weighted by Gasteiger charge is 2.14. The Balaban J connectivity index is 0.00000162. The second-order valence-electron chi connectivity index (χ2n) is 4.76. The van der Waals surface area contributed by atoms with Crippen LogP contribution in [-0.2, 0) is 11.2 Å². The predicted molar refractivity (Wildman–Crippen MR) is 76.2 cm³/mol. The zero-order chi connectivity index (χ0) is 12.1. The number of rotatable bonds is 4. The van der Waals surface area contributed by atoms with E-state index in [-0.39, 0.29) is 18.3 Å². The Morgan fingerprint density at radius 3 is 2.72 bits per heavy atom. The highest BCUT2D eigenvalue weighted by molar-refractivity contribution is 5.85. The molecule has 1 fully saturated rings. The van der Waals surface area contributed by atoms with Crippen molar-refractivity contribution < 1.29 is 4.79 Å². The summed E-state index contributed by atoms with van der Waals surface area (Å²) in [5.74, 6) is 0.113. The summed E-state index contributed by atoms with van der Waals surface area (Å²) in [5.41, 5.74) is 2.30. The molecule has 1 saturated heterocycles. The average Bonchev–Trinajstić information content (AvgIpc) is 2.83. The Morgan fingerprint density at radius 1 is 1.39 bits per heavy atom. The highest BCUT2D eigenvalue weighted by atomic mass is 35.5. The SMILES string of the molecule is Cc1ccc(CC(=O)NCC2CCCN2)cc1.Cl. The number of amides is 1. The first kappa shape index (κ1) is 15.0. The summed E-state index contributed by atoms with van der Waals surface area (Å²) in [4.78, 5) is 11.7. The molecule has 1 aliphatic rings. The monoisotopic (exact) mass is 268 g/mol. The molecule has 3 nitrogen and oxygen atoms in total. The van der Waals surface area contributed by atoms with Gasteiger partial charge in [0.15, 0.2) is 0 Å². The van der Waals surface area contributed by atoms with Gasteiger partial charge in [-0.25, -0.2) is 0 Å². The zero-order valence-corrected chi connectivity index (χ0v) is 11.6. The molecule has 2 N–H and O–H groups in total. The number of nitrogens with one attached hydrogen (secondary N) is 2. The second-order valence-corrected chi connectivity index (χ2v) is 4.76. The van der Waals surface area contributed by atoms with Crippen molar-refractivity contribution in [3.63, 3.8) is 0 Å². The first-order valence-corrected chi connectivity index (χ1v) is 6.29. The number of aryl methyl sites for hydroxylation is 1. The molecular weight excluding hydrogens is 248 g/mol. The smallest absolute Gasteiger partial charge is 0.224 e. The Kier molecular flexibility index (Phi) is 6.16. The van der Waals surface area contributed by atoms with Crippen molar-refractivity contribution in [3.05, 3.63) is 35.4 Å². The summed E-state index contributed by atoms with van der Waals surface area (Å²) in [5, 5.41) is 6.35. The lowest BCUT2D eigenvalue weighted by Crippen LogP contribution is -2.37. The Bertz CT molecular complexity index is 372. The van der Waals surface area contributed by atoms with Crippen LogP contribution in [0.5, 0.6) is 0 Å². The Labute approximate surface area is 115 Å². The molecule has 18 heavy (non-hydrogen) atoms. The maximum Gasteiger partial charge on any atom is 0.224 e. The summed E-state index contributed by atoms with van der Waals surface area (Å²) in [7, 11) is 0. The topological polar surface area (TPSA) is 41.1 Å². The zero-order valence-electron chi connectivity index (χ0n) is 10.7. The van der Waals surface area contributed by atoms with Crippen LogP contribution in [0.15, 0.2) is 24.3 Å². The van der Waals surface area contributed by atoms with Gasteiger partial charge in [0.05, 0.1) is 6.42 Å². The van der Waals surface area contributed by atoms with Gasteiger partial charge in [-0.3, -0.25) is 4.79 Å². The number of carbonyl (C=O) groups is 1. The van der Waals surface area contributed by atoms with Gasteiger partial charge in [0.1, 0.15) is 0 Å². The van der Waals surface area contributed by atoms with E-state index in [1.807, 2.05) is 24.3 Å². The minimum atomic E-state index is 0. The van der Waals surface area contributed by atoms with Gasteiger partial charge in [-0.1, -0.05) is 29.8 Å². The molecule has 1 heterocycles. The van der Waals surface area contributed by atoms with Crippen molar-refractivity contribution >= 4 is 18.3 Å². The van der Waals surface area contributed by atoms with Crippen LogP contribution < -0.4 is 10.6 Å². The van der Waals surface area contributed by atoms with Crippen molar-refractivity contribution in [1.82, 2.24) is 10.6 Å². The van der Waals surface area contributed by atoms with Gasteiger partial charge in [0.25, 0.3) is 0 Å². The lowest BCUT2D eigenvalue weighted by atomic mass is 10.1. The van der Waals surface area contributed by atoms with Gasteiger partial charge in [-0.05, 0) is 31.9 Å². The average molecular weight is 269 g/mol. The fourth-order valence-electron chi connectivity index (χ4n) is 2.12. The third-order valence-electron chi connectivity index (χ3n) is 3.19. The number of carbonyl (C=O) groups excluding carboxylic acids is 1. The molecular formula is C14H21ClN2O. The Hall–Kier alpha value is -1.06. The van der Waals surface area contributed by atoms with Gasteiger partial charge in [-0.15, -0.1) is 12.4 Å². The molecule has 100 valence electrons. The van der Waals surface area contributed by atoms with E-state index in [9.17, 15) is 4.79 Å². The predicted octanol–water partition coefficient (Wildman–Crippen LogP) is 1.83. The van der Waals surface area contributed by atoms with Crippen molar-refractivity contribution in [2.75, 3.05) is 13.1 Å². The number of hydrogen-bond acceptors (Lipinski definition) is 2. The van der Waals surface area contributed by atoms with Gasteiger partial charge < -0.3 is 10.6 Å². The third-order valence-corrected chi connectivity index (χ3v) is 3.19. The van der Waals surface area contributed by atoms with E-state index in [4.69, 9.17) is 0 Å². The molecule has 0 saturated carbocycles. The van der Waals surface area contributed by atoms with Crippen molar-refractivity contribution in [2.45, 2.75) is 32.2 Å². The van der Waals surface area contributed by atoms with E-state index in [2.05, 4.69) is 17.6 Å². The van der Waals surface area contributed by atoms with E-state index < -0.39 is 0 Å². The van der Waals surface area contributed by atoms with Crippen molar-refractivity contribution in [3.8, 4) is 0 Å². The summed E-state index contributed by atoms with van der Waals surface area (Å²) >= 11 is 0. The van der Waals surface area contributed by atoms with Gasteiger partial charge >= 0.3 is 0 Å². The fraction of sp³-hybridized carbons (Fsp3) is 0.500. The molecule has 1 atom stereocenters. The molecule has 0 radical (unpaired) electrons. The molecule has 4 heteroatoms. The van der Waals surface area contributed by atoms with Crippen molar-refractivity contribution in [1.29, 1.82) is 0 Å². The molecule has 2 rings (SSSR count). The highest BCUT2D eigenvalue weighted by Crippen LogP contribution is 2.05. The molecule has 1 aromatic rings. The lowest BCUT2D eigenvalue weighted by Gasteiger charge is -2.11. The normalized spacial score (nSPS) is 18.2. The molecule has 0 aliphatic carbocycles. The van der Waals surface area contributed by atoms with Gasteiger partial charge in [0.2, 0.25) is 5.91 Å². The molecule has 1 aromatic carbocycles. The van der Waals surface area contributed by atoms with E-state index in [0.29, 0.717) is 12.5 Å². The number of hydrogen-bond donors (Lipinski definition) is 2. The van der Waals surface area contributed by atoms with E-state index in [1.165, 1.54) is 18.4 Å². The summed E-state index contributed by atoms with van der Waals surface area (Å²) in [6.45, 7) is 3.89. The van der Waals surface area contributed by atoms with Crippen LogP contribution in [0.3, 0.4) is 0 Å². The molecule has 0 aromatic heterocycles. The molecule has 1 amide bonds. The third kappa shape index (κ3) is 4.67. The maximum atomic E-state index is 11.7. The van der Waals surface area contributed by atoms with Crippen LogP contribution in [0, 0.1) is 6.92 Å².